The fraction of sp³-hybridized carbons (Fsp3) is 0.500. The summed E-state index contributed by atoms with van der Waals surface area (Å²) in [5.74, 6) is 3.33. The van der Waals surface area contributed by atoms with Gasteiger partial charge >= 0.3 is 0 Å². The molecule has 2 heterocycles. The number of nitrogens with two attached hydrogens (primary N) is 1. The van der Waals surface area contributed by atoms with Gasteiger partial charge in [0.15, 0.2) is 0 Å². The standard InChI is InChI=1S/C12H17N3S2/c1-9-3-4-14-12(10(9)11(13)16)15-5-2-7-17-8-6-15/h3-4H,2,5-8H2,1H3,(H2,13,16). The first-order valence-electron chi connectivity index (χ1n) is 5.78. The lowest BCUT2D eigenvalue weighted by atomic mass is 10.1. The second-order valence-corrected chi connectivity index (χ2v) is 5.81. The maximum atomic E-state index is 5.82. The number of pyridine rings is 1. The molecule has 0 atom stereocenters. The Hall–Kier alpha value is -0.810. The van der Waals surface area contributed by atoms with Crippen LogP contribution in [0.15, 0.2) is 12.3 Å². The molecule has 5 heteroatoms. The zero-order chi connectivity index (χ0) is 12.3. The molecule has 1 aromatic rings. The largest absolute Gasteiger partial charge is 0.389 e. The van der Waals surface area contributed by atoms with Crippen LogP contribution in [0.2, 0.25) is 0 Å². The van der Waals surface area contributed by atoms with Gasteiger partial charge in [-0.2, -0.15) is 11.8 Å². The minimum atomic E-state index is 0.447. The van der Waals surface area contributed by atoms with E-state index >= 15 is 0 Å². The van der Waals surface area contributed by atoms with E-state index in [1.54, 1.807) is 0 Å². The molecule has 1 aliphatic heterocycles. The minimum absolute atomic E-state index is 0.447. The number of rotatable bonds is 2. The second kappa shape index (κ2) is 5.69. The van der Waals surface area contributed by atoms with E-state index in [2.05, 4.69) is 9.88 Å². The molecule has 0 radical (unpaired) electrons. The number of hydrogen-bond acceptors (Lipinski definition) is 4. The SMILES string of the molecule is Cc1ccnc(N2CCCSCC2)c1C(N)=S. The first kappa shape index (κ1) is 12.6. The maximum Gasteiger partial charge on any atom is 0.139 e. The first-order valence-corrected chi connectivity index (χ1v) is 7.34. The minimum Gasteiger partial charge on any atom is -0.389 e. The first-order chi connectivity index (χ1) is 8.20. The Bertz CT molecular complexity index is 412. The van der Waals surface area contributed by atoms with Crippen molar-refractivity contribution in [2.45, 2.75) is 13.3 Å². The number of aromatic nitrogens is 1. The van der Waals surface area contributed by atoms with Gasteiger partial charge in [0.25, 0.3) is 0 Å². The lowest BCUT2D eigenvalue weighted by molar-refractivity contribution is 0.799. The van der Waals surface area contributed by atoms with E-state index in [0.29, 0.717) is 4.99 Å². The van der Waals surface area contributed by atoms with Gasteiger partial charge in [-0.15, -0.1) is 0 Å². The molecule has 0 aliphatic carbocycles. The molecular weight excluding hydrogens is 250 g/mol. The molecule has 1 aromatic heterocycles. The van der Waals surface area contributed by atoms with Crippen molar-refractivity contribution < 1.29 is 0 Å². The fourth-order valence-electron chi connectivity index (χ4n) is 2.05. The van der Waals surface area contributed by atoms with Crippen molar-refractivity contribution in [1.82, 2.24) is 4.98 Å². The number of thiocarbonyl (C=S) groups is 1. The topological polar surface area (TPSA) is 42.2 Å². The predicted molar refractivity (Wildman–Crippen MR) is 79.0 cm³/mol. The number of aryl methyl sites for hydroxylation is 1. The monoisotopic (exact) mass is 267 g/mol. The van der Waals surface area contributed by atoms with E-state index in [0.717, 1.165) is 35.8 Å². The highest BCUT2D eigenvalue weighted by atomic mass is 32.2. The van der Waals surface area contributed by atoms with Crippen molar-refractivity contribution in [2.75, 3.05) is 29.5 Å². The van der Waals surface area contributed by atoms with Crippen LogP contribution >= 0.6 is 24.0 Å². The van der Waals surface area contributed by atoms with Crippen LogP contribution in [0.3, 0.4) is 0 Å². The molecule has 0 bridgehead atoms. The Morgan fingerprint density at radius 3 is 3.06 bits per heavy atom. The molecule has 17 heavy (non-hydrogen) atoms. The molecule has 1 saturated heterocycles. The molecule has 0 saturated carbocycles. The summed E-state index contributed by atoms with van der Waals surface area (Å²) in [6.07, 6.45) is 3.03. The summed E-state index contributed by atoms with van der Waals surface area (Å²) in [6.45, 7) is 4.10. The third kappa shape index (κ3) is 2.90. The molecule has 3 nitrogen and oxygen atoms in total. The molecule has 2 N–H and O–H groups in total. The molecule has 0 aromatic carbocycles. The van der Waals surface area contributed by atoms with Crippen LogP contribution < -0.4 is 10.6 Å². The average Bonchev–Trinajstić information content (AvgIpc) is 2.56. The van der Waals surface area contributed by atoms with Gasteiger partial charge < -0.3 is 10.6 Å². The average molecular weight is 267 g/mol. The van der Waals surface area contributed by atoms with Crippen molar-refractivity contribution in [1.29, 1.82) is 0 Å². The Morgan fingerprint density at radius 1 is 1.47 bits per heavy atom. The van der Waals surface area contributed by atoms with E-state index < -0.39 is 0 Å². The van der Waals surface area contributed by atoms with E-state index in [-0.39, 0.29) is 0 Å². The highest BCUT2D eigenvalue weighted by Crippen LogP contribution is 2.23. The summed E-state index contributed by atoms with van der Waals surface area (Å²) in [5, 5.41) is 0. The summed E-state index contributed by atoms with van der Waals surface area (Å²) in [4.78, 5) is 7.23. The molecule has 0 spiro atoms. The molecule has 0 amide bonds. The summed E-state index contributed by atoms with van der Waals surface area (Å²) in [5.41, 5.74) is 7.87. The Kier molecular flexibility index (Phi) is 4.23. The number of thioether (sulfide) groups is 1. The van der Waals surface area contributed by atoms with Gasteiger partial charge in [0, 0.05) is 25.0 Å². The highest BCUT2D eigenvalue weighted by Gasteiger charge is 2.17. The van der Waals surface area contributed by atoms with Crippen LogP contribution in [0, 0.1) is 6.92 Å². The van der Waals surface area contributed by atoms with Gasteiger partial charge in [0.1, 0.15) is 10.8 Å². The fourth-order valence-corrected chi connectivity index (χ4v) is 3.19. The summed E-state index contributed by atoms with van der Waals surface area (Å²) >= 11 is 7.15. The third-order valence-corrected chi connectivity index (χ3v) is 4.16. The van der Waals surface area contributed by atoms with Crippen molar-refractivity contribution in [2.24, 2.45) is 5.73 Å². The zero-order valence-electron chi connectivity index (χ0n) is 9.98. The Balaban J connectivity index is 2.36. The van der Waals surface area contributed by atoms with Crippen molar-refractivity contribution in [3.63, 3.8) is 0 Å². The maximum absolute atomic E-state index is 5.82. The van der Waals surface area contributed by atoms with Crippen LogP contribution in [-0.4, -0.2) is 34.6 Å². The number of nitrogens with zero attached hydrogens (tertiary/aromatic N) is 2. The normalized spacial score (nSPS) is 16.6. The van der Waals surface area contributed by atoms with Gasteiger partial charge in [-0.25, -0.2) is 4.98 Å². The molecule has 2 rings (SSSR count). The smallest absolute Gasteiger partial charge is 0.139 e. The molecule has 1 fully saturated rings. The van der Waals surface area contributed by atoms with E-state index in [1.807, 2.05) is 30.9 Å². The summed E-state index contributed by atoms with van der Waals surface area (Å²) in [7, 11) is 0. The van der Waals surface area contributed by atoms with Crippen LogP contribution in [0.5, 0.6) is 0 Å². The van der Waals surface area contributed by atoms with Crippen LogP contribution in [0.25, 0.3) is 0 Å². The van der Waals surface area contributed by atoms with Crippen LogP contribution in [-0.2, 0) is 0 Å². The van der Waals surface area contributed by atoms with Gasteiger partial charge in [0.2, 0.25) is 0 Å². The number of hydrogen-bond donors (Lipinski definition) is 1. The zero-order valence-corrected chi connectivity index (χ0v) is 11.6. The summed E-state index contributed by atoms with van der Waals surface area (Å²) < 4.78 is 0. The van der Waals surface area contributed by atoms with Gasteiger partial charge in [-0.3, -0.25) is 0 Å². The van der Waals surface area contributed by atoms with E-state index in [4.69, 9.17) is 18.0 Å². The molecule has 92 valence electrons. The summed E-state index contributed by atoms with van der Waals surface area (Å²) in [6, 6.07) is 1.96. The quantitative estimate of drug-likeness (QED) is 0.830. The predicted octanol–water partition coefficient (Wildman–Crippen LogP) is 1.97. The number of anilines is 1. The van der Waals surface area contributed by atoms with Gasteiger partial charge in [-0.1, -0.05) is 12.2 Å². The third-order valence-electron chi connectivity index (χ3n) is 2.91. The van der Waals surface area contributed by atoms with Crippen molar-refractivity contribution in [3.05, 3.63) is 23.4 Å². The Morgan fingerprint density at radius 2 is 2.29 bits per heavy atom. The second-order valence-electron chi connectivity index (χ2n) is 4.14. The molecule has 1 aliphatic rings. The van der Waals surface area contributed by atoms with Crippen molar-refractivity contribution >= 4 is 34.8 Å². The lowest BCUT2D eigenvalue weighted by Gasteiger charge is -2.24. The van der Waals surface area contributed by atoms with Crippen LogP contribution in [0.4, 0.5) is 5.82 Å². The molecular formula is C12H17N3S2. The van der Waals surface area contributed by atoms with E-state index in [9.17, 15) is 0 Å². The van der Waals surface area contributed by atoms with Crippen molar-refractivity contribution in [3.8, 4) is 0 Å². The van der Waals surface area contributed by atoms with E-state index in [1.165, 1.54) is 12.2 Å². The lowest BCUT2D eigenvalue weighted by Crippen LogP contribution is -2.29. The van der Waals surface area contributed by atoms with Gasteiger partial charge in [0.05, 0.1) is 5.56 Å². The molecule has 0 unspecified atom stereocenters. The highest BCUT2D eigenvalue weighted by molar-refractivity contribution is 7.99. The Labute approximate surface area is 112 Å². The van der Waals surface area contributed by atoms with Crippen LogP contribution in [0.1, 0.15) is 17.5 Å². The van der Waals surface area contributed by atoms with Gasteiger partial charge in [-0.05, 0) is 30.7 Å².